The highest BCUT2D eigenvalue weighted by Gasteiger charge is 2.26. The Hall–Kier alpha value is -2.31. The lowest BCUT2D eigenvalue weighted by Gasteiger charge is -2.26. The molecule has 21 heavy (non-hydrogen) atoms. The number of nitrogens with zero attached hydrogens (tertiary/aromatic N) is 2. The van der Waals surface area contributed by atoms with Crippen molar-refractivity contribution >= 4 is 39.5 Å². The second-order valence-corrected chi connectivity index (χ2v) is 5.92. The van der Waals surface area contributed by atoms with Crippen LogP contribution in [0.15, 0.2) is 42.0 Å². The summed E-state index contributed by atoms with van der Waals surface area (Å²) in [5.74, 6) is 0. The van der Waals surface area contributed by atoms with Crippen molar-refractivity contribution in [3.63, 3.8) is 0 Å². The van der Waals surface area contributed by atoms with Gasteiger partial charge >= 0.3 is 0 Å². The number of hydrogen-bond acceptors (Lipinski definition) is 3. The summed E-state index contributed by atoms with van der Waals surface area (Å²) in [5.41, 5.74) is 5.68. The van der Waals surface area contributed by atoms with Gasteiger partial charge in [0.1, 0.15) is 17.7 Å². The Labute approximate surface area is 136 Å². The Kier molecular flexibility index (Phi) is 3.40. The molecule has 0 aliphatic carbocycles. The third kappa shape index (κ3) is 2.09. The lowest BCUT2D eigenvalue weighted by Crippen LogP contribution is -2.10. The highest BCUT2D eigenvalue weighted by Crippen LogP contribution is 2.45. The Bertz CT molecular complexity index is 851. The number of aryl methyl sites for hydroxylation is 1. The minimum Gasteiger partial charge on any atom is -0.354 e. The molecule has 2 aromatic carbocycles. The van der Waals surface area contributed by atoms with Crippen LogP contribution < -0.4 is 5.32 Å². The number of halogens is 1. The Morgan fingerprint density at radius 1 is 1.10 bits per heavy atom. The molecular formula is C17H10IN3. The number of benzene rings is 2. The molecule has 0 atom stereocenters. The lowest BCUT2D eigenvalue weighted by molar-refractivity contribution is 1.34. The van der Waals surface area contributed by atoms with Crippen molar-refractivity contribution in [1.29, 1.82) is 10.5 Å². The van der Waals surface area contributed by atoms with Gasteiger partial charge in [-0.2, -0.15) is 10.5 Å². The third-order valence-corrected chi connectivity index (χ3v) is 4.44. The van der Waals surface area contributed by atoms with E-state index in [0.717, 1.165) is 37.2 Å². The Balaban J connectivity index is 2.47. The molecule has 0 radical (unpaired) electrons. The number of rotatable bonds is 0. The summed E-state index contributed by atoms with van der Waals surface area (Å²) in [6.07, 6.45) is 0. The monoisotopic (exact) mass is 383 g/mol. The van der Waals surface area contributed by atoms with Crippen LogP contribution in [0.1, 0.15) is 16.7 Å². The van der Waals surface area contributed by atoms with Crippen LogP contribution in [-0.4, -0.2) is 0 Å². The predicted octanol–water partition coefficient (Wildman–Crippen LogP) is 4.51. The first-order valence-electron chi connectivity index (χ1n) is 6.37. The molecule has 4 heteroatoms. The predicted molar refractivity (Wildman–Crippen MR) is 90.9 cm³/mol. The van der Waals surface area contributed by atoms with Crippen LogP contribution in [-0.2, 0) is 0 Å². The number of fused-ring (bicyclic) bond motifs is 2. The summed E-state index contributed by atoms with van der Waals surface area (Å²) in [6.45, 7) is 2.02. The first-order chi connectivity index (χ1) is 10.2. The van der Waals surface area contributed by atoms with Crippen molar-refractivity contribution in [1.82, 2.24) is 0 Å². The normalized spacial score (nSPS) is 11.5. The van der Waals surface area contributed by atoms with Gasteiger partial charge in [-0.05, 0) is 47.2 Å². The number of hydrogen-bond donors (Lipinski definition) is 1. The average Bonchev–Trinajstić information content (AvgIpc) is 2.51. The molecule has 0 amide bonds. The Morgan fingerprint density at radius 2 is 1.81 bits per heavy atom. The number of allylic oxidation sites excluding steroid dienone is 1. The van der Waals surface area contributed by atoms with Crippen LogP contribution in [0.5, 0.6) is 0 Å². The third-order valence-electron chi connectivity index (χ3n) is 3.54. The van der Waals surface area contributed by atoms with E-state index in [9.17, 15) is 10.5 Å². The maximum absolute atomic E-state index is 9.34. The standard InChI is InChI=1S/C17H10IN3/c1-10-6-7-13(18)16-15(11(8-19)9-20)12-4-2-3-5-14(12)21-17(10)16/h2-7,21H,1H3. The van der Waals surface area contributed by atoms with E-state index in [1.54, 1.807) is 0 Å². The molecule has 1 heterocycles. The van der Waals surface area contributed by atoms with Crippen molar-refractivity contribution in [2.45, 2.75) is 6.92 Å². The van der Waals surface area contributed by atoms with Gasteiger partial charge in [-0.1, -0.05) is 24.3 Å². The molecule has 0 spiro atoms. The van der Waals surface area contributed by atoms with Gasteiger partial charge in [0.2, 0.25) is 0 Å². The van der Waals surface area contributed by atoms with Crippen LogP contribution >= 0.6 is 22.6 Å². The summed E-state index contributed by atoms with van der Waals surface area (Å²) in [7, 11) is 0. The molecule has 1 aliphatic rings. The van der Waals surface area contributed by atoms with Crippen molar-refractivity contribution in [3.8, 4) is 12.1 Å². The zero-order valence-corrected chi connectivity index (χ0v) is 13.4. The van der Waals surface area contributed by atoms with E-state index in [2.05, 4.69) is 27.9 Å². The quantitative estimate of drug-likeness (QED) is 0.459. The number of nitrogens with one attached hydrogen (secondary N) is 1. The summed E-state index contributed by atoms with van der Waals surface area (Å²) in [4.78, 5) is 0. The van der Waals surface area contributed by atoms with Crippen molar-refractivity contribution < 1.29 is 0 Å². The summed E-state index contributed by atoms with van der Waals surface area (Å²) < 4.78 is 1.02. The second-order valence-electron chi connectivity index (χ2n) is 4.76. The van der Waals surface area contributed by atoms with Gasteiger partial charge in [-0.25, -0.2) is 0 Å². The minimum absolute atomic E-state index is 0.147. The highest BCUT2D eigenvalue weighted by molar-refractivity contribution is 14.1. The van der Waals surface area contributed by atoms with E-state index in [-0.39, 0.29) is 5.57 Å². The zero-order valence-electron chi connectivity index (χ0n) is 11.2. The topological polar surface area (TPSA) is 59.6 Å². The van der Waals surface area contributed by atoms with Crippen LogP contribution in [0.2, 0.25) is 0 Å². The second kappa shape index (κ2) is 5.23. The fourth-order valence-electron chi connectivity index (χ4n) is 2.56. The lowest BCUT2D eigenvalue weighted by atomic mass is 9.87. The molecule has 0 aromatic heterocycles. The van der Waals surface area contributed by atoms with Gasteiger partial charge < -0.3 is 5.32 Å². The zero-order chi connectivity index (χ0) is 15.0. The maximum atomic E-state index is 9.34. The number of anilines is 2. The van der Waals surface area contributed by atoms with E-state index in [0.29, 0.717) is 0 Å². The van der Waals surface area contributed by atoms with E-state index in [1.165, 1.54) is 0 Å². The van der Waals surface area contributed by atoms with Gasteiger partial charge in [-0.15, -0.1) is 0 Å². The Morgan fingerprint density at radius 3 is 2.52 bits per heavy atom. The van der Waals surface area contributed by atoms with Crippen molar-refractivity contribution in [2.75, 3.05) is 5.32 Å². The average molecular weight is 383 g/mol. The van der Waals surface area contributed by atoms with Gasteiger partial charge in [-0.3, -0.25) is 0 Å². The van der Waals surface area contributed by atoms with Gasteiger partial charge in [0.15, 0.2) is 0 Å². The molecule has 100 valence electrons. The molecule has 0 saturated carbocycles. The van der Waals surface area contributed by atoms with Gasteiger partial charge in [0, 0.05) is 26.0 Å². The van der Waals surface area contributed by atoms with E-state index in [1.807, 2.05) is 55.5 Å². The van der Waals surface area contributed by atoms with E-state index in [4.69, 9.17) is 0 Å². The molecule has 1 aliphatic heterocycles. The SMILES string of the molecule is Cc1ccc(I)c2c1Nc1ccccc1C2=C(C#N)C#N. The van der Waals surface area contributed by atoms with Gasteiger partial charge in [0.25, 0.3) is 0 Å². The molecule has 1 N–H and O–H groups in total. The summed E-state index contributed by atoms with van der Waals surface area (Å²) in [5, 5.41) is 22.1. The van der Waals surface area contributed by atoms with Gasteiger partial charge in [0.05, 0.1) is 5.69 Å². The van der Waals surface area contributed by atoms with Crippen LogP contribution in [0, 0.1) is 33.2 Å². The van der Waals surface area contributed by atoms with Crippen molar-refractivity contribution in [3.05, 3.63) is 62.2 Å². The molecule has 0 bridgehead atoms. The fourth-order valence-corrected chi connectivity index (χ4v) is 3.28. The molecule has 2 aromatic rings. The first-order valence-corrected chi connectivity index (χ1v) is 7.45. The number of para-hydroxylation sites is 1. The summed E-state index contributed by atoms with van der Waals surface area (Å²) in [6, 6.07) is 15.9. The molecule has 0 fully saturated rings. The smallest absolute Gasteiger partial charge is 0.138 e. The van der Waals surface area contributed by atoms with Crippen LogP contribution in [0.3, 0.4) is 0 Å². The molecule has 0 saturated heterocycles. The van der Waals surface area contributed by atoms with E-state index >= 15 is 0 Å². The first kappa shape index (κ1) is 13.7. The van der Waals surface area contributed by atoms with Crippen LogP contribution in [0.4, 0.5) is 11.4 Å². The maximum Gasteiger partial charge on any atom is 0.138 e. The highest BCUT2D eigenvalue weighted by atomic mass is 127. The fraction of sp³-hybridized carbons (Fsp3) is 0.0588. The molecular weight excluding hydrogens is 373 g/mol. The van der Waals surface area contributed by atoms with E-state index < -0.39 is 0 Å². The molecule has 3 rings (SSSR count). The number of nitriles is 2. The largest absolute Gasteiger partial charge is 0.354 e. The minimum atomic E-state index is 0.147. The molecule has 0 unspecified atom stereocenters. The molecule has 3 nitrogen and oxygen atoms in total. The van der Waals surface area contributed by atoms with Crippen LogP contribution in [0.25, 0.3) is 5.57 Å². The van der Waals surface area contributed by atoms with Crippen molar-refractivity contribution in [2.24, 2.45) is 0 Å². The summed E-state index contributed by atoms with van der Waals surface area (Å²) >= 11 is 2.25.